The fourth-order valence-corrected chi connectivity index (χ4v) is 4.90. The van der Waals surface area contributed by atoms with Gasteiger partial charge in [0.05, 0.1) is 12.1 Å². The Bertz CT molecular complexity index is 1450. The van der Waals surface area contributed by atoms with Gasteiger partial charge in [0.1, 0.15) is 23.1 Å². The Labute approximate surface area is 206 Å². The summed E-state index contributed by atoms with van der Waals surface area (Å²) in [6, 6.07) is 13.0. The average molecular weight is 494 g/mol. The van der Waals surface area contributed by atoms with E-state index in [1.54, 1.807) is 10.6 Å². The third-order valence-corrected chi connectivity index (χ3v) is 6.78. The summed E-state index contributed by atoms with van der Waals surface area (Å²) in [4.78, 5) is 17.7. The second-order valence-electron chi connectivity index (χ2n) is 9.21. The number of nitrogens with zero attached hydrogens (tertiary/aromatic N) is 3. The van der Waals surface area contributed by atoms with Crippen molar-refractivity contribution in [2.24, 2.45) is 0 Å². The smallest absolute Gasteiger partial charge is 0.270 e. The molecule has 0 spiro atoms. The lowest BCUT2D eigenvalue weighted by Gasteiger charge is -2.35. The third-order valence-electron chi connectivity index (χ3n) is 6.78. The number of furan rings is 1. The highest BCUT2D eigenvalue weighted by molar-refractivity contribution is 5.97. The number of benzene rings is 2. The first-order chi connectivity index (χ1) is 17.4. The summed E-state index contributed by atoms with van der Waals surface area (Å²) in [7, 11) is 0. The van der Waals surface area contributed by atoms with E-state index in [1.165, 1.54) is 12.1 Å². The van der Waals surface area contributed by atoms with Crippen LogP contribution in [0.2, 0.25) is 0 Å². The van der Waals surface area contributed by atoms with Crippen molar-refractivity contribution in [3.8, 4) is 11.5 Å². The molecule has 1 saturated heterocycles. The van der Waals surface area contributed by atoms with Gasteiger partial charge in [-0.2, -0.15) is 0 Å². The minimum absolute atomic E-state index is 0.0970. The number of carbonyl (C=O) groups excluding carboxylic acids is 1. The lowest BCUT2D eigenvalue weighted by Crippen LogP contribution is -2.48. The standard InChI is InChI=1S/C27H25F2N3O4/c1-17-10-22-25(36-17)13-23(32(22)15-19-3-4-20(28)12-21(19)29)27(33)31-8-6-30(7-9-31)14-18-2-5-24-26(11-18)35-16-34-24/h2-5,10-13H,6-9,14-16H2,1H3. The van der Waals surface area contributed by atoms with E-state index < -0.39 is 11.6 Å². The molecule has 2 aliphatic rings. The van der Waals surface area contributed by atoms with Gasteiger partial charge in [0.25, 0.3) is 5.91 Å². The van der Waals surface area contributed by atoms with E-state index in [2.05, 4.69) is 4.90 Å². The number of hydrogen-bond donors (Lipinski definition) is 0. The Morgan fingerprint density at radius 2 is 1.72 bits per heavy atom. The number of piperazine rings is 1. The predicted octanol–water partition coefficient (Wildman–Crippen LogP) is 4.56. The molecule has 2 aromatic carbocycles. The highest BCUT2D eigenvalue weighted by atomic mass is 19.1. The molecule has 1 fully saturated rings. The molecule has 9 heteroatoms. The average Bonchev–Trinajstić information content (AvgIpc) is 3.55. The van der Waals surface area contributed by atoms with E-state index in [0.717, 1.165) is 42.8 Å². The normalized spacial score (nSPS) is 15.7. The molecule has 6 rings (SSSR count). The number of hydrogen-bond acceptors (Lipinski definition) is 5. The second-order valence-corrected chi connectivity index (χ2v) is 9.21. The monoisotopic (exact) mass is 493 g/mol. The molecule has 36 heavy (non-hydrogen) atoms. The number of amides is 1. The summed E-state index contributed by atoms with van der Waals surface area (Å²) < 4.78 is 46.2. The van der Waals surface area contributed by atoms with Gasteiger partial charge >= 0.3 is 0 Å². The quantitative estimate of drug-likeness (QED) is 0.408. The summed E-state index contributed by atoms with van der Waals surface area (Å²) in [6.45, 7) is 5.51. The minimum Gasteiger partial charge on any atom is -0.460 e. The van der Waals surface area contributed by atoms with Gasteiger partial charge in [0, 0.05) is 56.5 Å². The van der Waals surface area contributed by atoms with Crippen molar-refractivity contribution >= 4 is 17.0 Å². The van der Waals surface area contributed by atoms with Gasteiger partial charge in [-0.1, -0.05) is 12.1 Å². The molecular weight excluding hydrogens is 468 g/mol. The van der Waals surface area contributed by atoms with Crippen LogP contribution in [0.15, 0.2) is 52.9 Å². The van der Waals surface area contributed by atoms with Crippen LogP contribution < -0.4 is 9.47 Å². The molecule has 4 aromatic rings. The summed E-state index contributed by atoms with van der Waals surface area (Å²) >= 11 is 0. The van der Waals surface area contributed by atoms with Gasteiger partial charge < -0.3 is 23.4 Å². The van der Waals surface area contributed by atoms with E-state index in [0.29, 0.717) is 41.2 Å². The van der Waals surface area contributed by atoms with Gasteiger partial charge in [-0.05, 0) is 30.7 Å². The van der Waals surface area contributed by atoms with Crippen molar-refractivity contribution in [3.63, 3.8) is 0 Å². The van der Waals surface area contributed by atoms with Crippen LogP contribution in [0.25, 0.3) is 11.1 Å². The third kappa shape index (κ3) is 4.19. The molecule has 0 atom stereocenters. The highest BCUT2D eigenvalue weighted by Gasteiger charge is 2.27. The Balaban J connectivity index is 1.18. The van der Waals surface area contributed by atoms with Gasteiger partial charge in [-0.15, -0.1) is 0 Å². The molecule has 0 aliphatic carbocycles. The van der Waals surface area contributed by atoms with E-state index in [4.69, 9.17) is 13.9 Å². The van der Waals surface area contributed by atoms with Crippen molar-refractivity contribution in [1.29, 1.82) is 0 Å². The zero-order valence-electron chi connectivity index (χ0n) is 19.8. The number of ether oxygens (including phenoxy) is 2. The summed E-state index contributed by atoms with van der Waals surface area (Å²) in [5.41, 5.74) is 3.14. The van der Waals surface area contributed by atoms with Crippen LogP contribution in [0.1, 0.15) is 27.4 Å². The molecule has 0 bridgehead atoms. The molecule has 4 heterocycles. The fraction of sp³-hybridized carbons (Fsp3) is 0.296. The number of aromatic nitrogens is 1. The molecule has 0 unspecified atom stereocenters. The largest absolute Gasteiger partial charge is 0.460 e. The molecule has 2 aliphatic heterocycles. The Kier molecular flexibility index (Phi) is 5.64. The van der Waals surface area contributed by atoms with Crippen molar-refractivity contribution in [2.75, 3.05) is 33.0 Å². The number of carbonyl (C=O) groups is 1. The van der Waals surface area contributed by atoms with Crippen LogP contribution in [0.3, 0.4) is 0 Å². The number of rotatable bonds is 5. The van der Waals surface area contributed by atoms with Crippen molar-refractivity contribution in [1.82, 2.24) is 14.4 Å². The maximum Gasteiger partial charge on any atom is 0.270 e. The van der Waals surface area contributed by atoms with Crippen LogP contribution in [0.4, 0.5) is 8.78 Å². The maximum absolute atomic E-state index is 14.4. The van der Waals surface area contributed by atoms with Crippen LogP contribution in [-0.2, 0) is 13.1 Å². The van der Waals surface area contributed by atoms with Gasteiger partial charge in [-0.25, -0.2) is 8.78 Å². The molecule has 0 radical (unpaired) electrons. The van der Waals surface area contributed by atoms with Crippen molar-refractivity contribution in [3.05, 3.63) is 82.7 Å². The van der Waals surface area contributed by atoms with Crippen LogP contribution in [0, 0.1) is 18.6 Å². The minimum atomic E-state index is -0.646. The maximum atomic E-state index is 14.4. The first-order valence-corrected chi connectivity index (χ1v) is 11.9. The highest BCUT2D eigenvalue weighted by Crippen LogP contribution is 2.33. The lowest BCUT2D eigenvalue weighted by atomic mass is 10.1. The molecule has 2 aromatic heterocycles. The molecule has 186 valence electrons. The van der Waals surface area contributed by atoms with Gasteiger partial charge in [-0.3, -0.25) is 9.69 Å². The van der Waals surface area contributed by atoms with Crippen LogP contribution in [-0.4, -0.2) is 53.2 Å². The molecule has 0 saturated carbocycles. The van der Waals surface area contributed by atoms with Crippen molar-refractivity contribution in [2.45, 2.75) is 20.0 Å². The van der Waals surface area contributed by atoms with E-state index >= 15 is 0 Å². The van der Waals surface area contributed by atoms with Gasteiger partial charge in [0.2, 0.25) is 6.79 Å². The zero-order chi connectivity index (χ0) is 24.8. The first-order valence-electron chi connectivity index (χ1n) is 11.9. The summed E-state index contributed by atoms with van der Waals surface area (Å²) in [5, 5.41) is 0. The topological polar surface area (TPSA) is 60.1 Å². The Morgan fingerprint density at radius 3 is 2.53 bits per heavy atom. The lowest BCUT2D eigenvalue weighted by molar-refractivity contribution is 0.0618. The van der Waals surface area contributed by atoms with Crippen LogP contribution >= 0.6 is 0 Å². The number of aryl methyl sites for hydroxylation is 1. The molecule has 0 N–H and O–H groups in total. The van der Waals surface area contributed by atoms with Gasteiger partial charge in [0.15, 0.2) is 17.1 Å². The Morgan fingerprint density at radius 1 is 0.917 bits per heavy atom. The Hall–Kier alpha value is -3.85. The molecule has 7 nitrogen and oxygen atoms in total. The molecular formula is C27H25F2N3O4. The number of fused-ring (bicyclic) bond motifs is 2. The summed E-state index contributed by atoms with van der Waals surface area (Å²) in [5.74, 6) is 0.808. The fourth-order valence-electron chi connectivity index (χ4n) is 4.90. The SMILES string of the molecule is Cc1cc2c(cc(C(=O)N3CCN(Cc4ccc5c(c4)OCO5)CC3)n2Cc2ccc(F)cc2F)o1. The zero-order valence-corrected chi connectivity index (χ0v) is 19.8. The van der Waals surface area contributed by atoms with E-state index in [-0.39, 0.29) is 19.2 Å². The van der Waals surface area contributed by atoms with E-state index in [9.17, 15) is 13.6 Å². The molecule has 1 amide bonds. The summed E-state index contributed by atoms with van der Waals surface area (Å²) in [6.07, 6.45) is 0. The van der Waals surface area contributed by atoms with E-state index in [1.807, 2.05) is 36.1 Å². The van der Waals surface area contributed by atoms with Crippen molar-refractivity contribution < 1.29 is 27.5 Å². The van der Waals surface area contributed by atoms with Crippen LogP contribution in [0.5, 0.6) is 11.5 Å². The second kappa shape index (κ2) is 8.98. The first kappa shape index (κ1) is 22.6. The predicted molar refractivity (Wildman–Crippen MR) is 128 cm³/mol. The number of halogens is 2.